The van der Waals surface area contributed by atoms with Crippen LogP contribution in [0.25, 0.3) is 0 Å². The second-order valence-electron chi connectivity index (χ2n) is 11.3. The number of hydrogen-bond acceptors (Lipinski definition) is 0. The number of rotatable bonds is 24. The van der Waals surface area contributed by atoms with Gasteiger partial charge in [-0.15, -0.1) is 0 Å². The summed E-state index contributed by atoms with van der Waals surface area (Å²) in [5.41, 5.74) is 0. The zero-order chi connectivity index (χ0) is 26.0. The minimum Gasteiger partial charge on any atom is -0.324 e. The van der Waals surface area contributed by atoms with Crippen LogP contribution in [0.4, 0.5) is 0 Å². The molecule has 0 unspecified atom stereocenters. The Morgan fingerprint density at radius 1 is 0.324 bits per heavy atom. The van der Waals surface area contributed by atoms with Crippen molar-refractivity contribution in [3.8, 4) is 0 Å². The minimum atomic E-state index is -0.562. The van der Waals surface area contributed by atoms with Crippen LogP contribution in [0.5, 0.6) is 0 Å². The Labute approximate surface area is 220 Å². The number of unbranched alkanes of at least 4 members (excludes halogenated alkanes) is 8. The third kappa shape index (κ3) is 19.6. The van der Waals surface area contributed by atoms with Crippen molar-refractivity contribution in [2.45, 2.75) is 158 Å². The van der Waals surface area contributed by atoms with E-state index in [1.54, 1.807) is 24.6 Å². The third-order valence-corrected chi connectivity index (χ3v) is 12.9. The molecule has 0 saturated heterocycles. The highest BCUT2D eigenvalue weighted by Gasteiger charge is 2.34. The van der Waals surface area contributed by atoms with E-state index in [1.807, 2.05) is 0 Å². The fourth-order valence-corrected chi connectivity index (χ4v) is 10.6. The number of hydrogen-bond donors (Lipinski definition) is 0. The molecule has 0 aromatic heterocycles. The predicted octanol–water partition coefficient (Wildman–Crippen LogP) is 11.2. The van der Waals surface area contributed by atoms with Crippen LogP contribution in [0.15, 0.2) is 0 Å². The molecule has 208 valence electrons. The lowest BCUT2D eigenvalue weighted by Crippen LogP contribution is -2.50. The summed E-state index contributed by atoms with van der Waals surface area (Å²) in [5, 5.41) is 0. The van der Waals surface area contributed by atoms with E-state index in [0.29, 0.717) is 0 Å². The van der Waals surface area contributed by atoms with Gasteiger partial charge >= 0.3 is 0 Å². The van der Waals surface area contributed by atoms with Crippen LogP contribution < -0.4 is 0 Å². The van der Waals surface area contributed by atoms with E-state index < -0.39 is 7.26 Å². The molecule has 34 heavy (non-hydrogen) atoms. The van der Waals surface area contributed by atoms with Crippen molar-refractivity contribution >= 4 is 7.26 Å². The standard InChI is InChI=1S/C16H36N.C16H36P/c2*1-5-9-13-17(14-10-6-2,15-11-7-3)16-12-8-4/h2*5-16H2,1-4H3/q2*+1. The summed E-state index contributed by atoms with van der Waals surface area (Å²) in [5.74, 6) is 0. The molecule has 0 radical (unpaired) electrons. The van der Waals surface area contributed by atoms with Crippen molar-refractivity contribution in [1.82, 2.24) is 0 Å². The van der Waals surface area contributed by atoms with Gasteiger partial charge < -0.3 is 4.48 Å². The van der Waals surface area contributed by atoms with Crippen molar-refractivity contribution < 1.29 is 4.48 Å². The Bertz CT molecular complexity index is 270. The highest BCUT2D eigenvalue weighted by Crippen LogP contribution is 2.61. The van der Waals surface area contributed by atoms with Crippen LogP contribution >= 0.6 is 7.26 Å². The van der Waals surface area contributed by atoms with Crippen molar-refractivity contribution in [3.63, 3.8) is 0 Å². The summed E-state index contributed by atoms with van der Waals surface area (Å²) in [6.45, 7) is 24.4. The fourth-order valence-electron chi connectivity index (χ4n) is 5.29. The van der Waals surface area contributed by atoms with Gasteiger partial charge in [-0.3, -0.25) is 0 Å². The normalized spacial score (nSPS) is 12.0. The molecule has 0 rings (SSSR count). The maximum atomic E-state index is 2.36. The second kappa shape index (κ2) is 26.5. The average Bonchev–Trinajstić information content (AvgIpc) is 2.87. The van der Waals surface area contributed by atoms with Gasteiger partial charge in [-0.2, -0.15) is 0 Å². The van der Waals surface area contributed by atoms with E-state index in [0.717, 1.165) is 0 Å². The first-order chi connectivity index (χ1) is 16.5. The summed E-state index contributed by atoms with van der Waals surface area (Å²) in [4.78, 5) is 0. The first-order valence-corrected chi connectivity index (χ1v) is 18.7. The predicted molar refractivity (Wildman–Crippen MR) is 165 cm³/mol. The van der Waals surface area contributed by atoms with Crippen LogP contribution in [0.2, 0.25) is 0 Å². The summed E-state index contributed by atoms with van der Waals surface area (Å²) < 4.78 is 1.42. The molecule has 0 spiro atoms. The van der Waals surface area contributed by atoms with E-state index in [-0.39, 0.29) is 0 Å². The molecular formula is C32H72NP+2. The van der Waals surface area contributed by atoms with E-state index in [2.05, 4.69) is 55.4 Å². The van der Waals surface area contributed by atoms with E-state index >= 15 is 0 Å². The van der Waals surface area contributed by atoms with Gasteiger partial charge in [0.15, 0.2) is 0 Å². The molecule has 2 heteroatoms. The van der Waals surface area contributed by atoms with Crippen molar-refractivity contribution in [2.24, 2.45) is 0 Å². The van der Waals surface area contributed by atoms with E-state index in [1.165, 1.54) is 133 Å². The topological polar surface area (TPSA) is 0 Å². The molecule has 0 saturated carbocycles. The van der Waals surface area contributed by atoms with Crippen molar-refractivity contribution in [3.05, 3.63) is 0 Å². The molecular weight excluding hydrogens is 429 g/mol. The molecule has 0 fully saturated rings. The monoisotopic (exact) mass is 502 g/mol. The average molecular weight is 502 g/mol. The van der Waals surface area contributed by atoms with Crippen LogP contribution in [0.3, 0.4) is 0 Å². The quantitative estimate of drug-likeness (QED) is 0.0911. The van der Waals surface area contributed by atoms with Crippen molar-refractivity contribution in [1.29, 1.82) is 0 Å². The molecule has 0 atom stereocenters. The van der Waals surface area contributed by atoms with E-state index in [9.17, 15) is 0 Å². The molecule has 0 aromatic rings. The number of nitrogens with zero attached hydrogens (tertiary/aromatic N) is 1. The summed E-state index contributed by atoms with van der Waals surface area (Å²) in [6, 6.07) is 0. The largest absolute Gasteiger partial charge is 0.324 e. The lowest BCUT2D eigenvalue weighted by molar-refractivity contribution is -0.929. The first-order valence-electron chi connectivity index (χ1n) is 16.2. The van der Waals surface area contributed by atoms with Crippen molar-refractivity contribution in [2.75, 3.05) is 50.8 Å². The lowest BCUT2D eigenvalue weighted by Gasteiger charge is -2.39. The van der Waals surface area contributed by atoms with Gasteiger partial charge in [0.2, 0.25) is 0 Å². The van der Waals surface area contributed by atoms with Gasteiger partial charge in [0.25, 0.3) is 0 Å². The minimum absolute atomic E-state index is 0.562. The number of quaternary nitrogens is 1. The van der Waals surface area contributed by atoms with Gasteiger partial charge in [0, 0.05) is 7.26 Å². The molecule has 0 aliphatic carbocycles. The summed E-state index contributed by atoms with van der Waals surface area (Å²) in [6.07, 6.45) is 29.0. The van der Waals surface area contributed by atoms with Crippen LogP contribution in [0.1, 0.15) is 158 Å². The molecule has 0 aliphatic heterocycles. The Morgan fingerprint density at radius 2 is 0.529 bits per heavy atom. The Hall–Kier alpha value is 0.390. The highest BCUT2D eigenvalue weighted by molar-refractivity contribution is 7.75. The highest BCUT2D eigenvalue weighted by atomic mass is 31.2. The van der Waals surface area contributed by atoms with Gasteiger partial charge in [-0.05, 0) is 51.4 Å². The van der Waals surface area contributed by atoms with Crippen LogP contribution in [0, 0.1) is 0 Å². The van der Waals surface area contributed by atoms with Crippen LogP contribution in [-0.2, 0) is 0 Å². The molecule has 0 amide bonds. The zero-order valence-corrected chi connectivity index (χ0v) is 26.8. The van der Waals surface area contributed by atoms with Gasteiger partial charge in [0.05, 0.1) is 50.8 Å². The summed E-state index contributed by atoms with van der Waals surface area (Å²) in [7, 11) is -0.562. The molecule has 0 aliphatic rings. The second-order valence-corrected chi connectivity index (χ2v) is 15.8. The van der Waals surface area contributed by atoms with Gasteiger partial charge in [-0.25, -0.2) is 0 Å². The Balaban J connectivity index is 0. The third-order valence-electron chi connectivity index (χ3n) is 7.89. The fraction of sp³-hybridized carbons (Fsp3) is 1.00. The first kappa shape index (κ1) is 36.5. The Morgan fingerprint density at radius 3 is 0.706 bits per heavy atom. The maximum Gasteiger partial charge on any atom is 0.0786 e. The smallest absolute Gasteiger partial charge is 0.0786 e. The zero-order valence-electron chi connectivity index (χ0n) is 25.9. The molecule has 0 aromatic carbocycles. The SMILES string of the molecule is CCCC[N+](CCCC)(CCCC)CCCC.CCCC[P+](CCCC)(CCCC)CCCC. The molecule has 0 heterocycles. The van der Waals surface area contributed by atoms with E-state index in [4.69, 9.17) is 0 Å². The van der Waals surface area contributed by atoms with Crippen LogP contribution in [-0.4, -0.2) is 55.3 Å². The molecule has 0 N–H and O–H groups in total. The Kier molecular flexibility index (Phi) is 28.4. The molecule has 0 bridgehead atoms. The lowest BCUT2D eigenvalue weighted by atomic mass is 10.1. The van der Waals surface area contributed by atoms with Gasteiger partial charge in [-0.1, -0.05) is 107 Å². The van der Waals surface area contributed by atoms with Gasteiger partial charge in [0.1, 0.15) is 0 Å². The summed E-state index contributed by atoms with van der Waals surface area (Å²) >= 11 is 0. The molecule has 1 nitrogen and oxygen atoms in total. The maximum absolute atomic E-state index is 2.36.